The van der Waals surface area contributed by atoms with Crippen molar-refractivity contribution in [3.05, 3.63) is 76.5 Å². The molecule has 4 aromatic rings. The largest absolute Gasteiger partial charge is 0.485 e. The first-order valence-electron chi connectivity index (χ1n) is 12.8. The number of aliphatic imine (C=N–C) groups is 1. The fraction of sp³-hybridized carbons (Fsp3) is 0.393. The average Bonchev–Trinajstić information content (AvgIpc) is 3.53. The van der Waals surface area contributed by atoms with Gasteiger partial charge in [0, 0.05) is 38.0 Å². The number of methoxy groups -OCH3 is 1. The number of amidine groups is 1. The molecular weight excluding hydrogens is 538 g/mol. The molecule has 3 atom stereocenters. The van der Waals surface area contributed by atoms with Crippen molar-refractivity contribution >= 4 is 28.0 Å². The zero-order valence-electron chi connectivity index (χ0n) is 22.5. The number of aryl methyl sites for hydroxylation is 2. The lowest BCUT2D eigenvalue weighted by molar-refractivity contribution is 0.184. The van der Waals surface area contributed by atoms with Crippen LogP contribution in [0, 0.1) is 31.4 Å². The summed E-state index contributed by atoms with van der Waals surface area (Å²) < 4.78 is 46.8. The third-order valence-corrected chi connectivity index (χ3v) is 8.92. The van der Waals surface area contributed by atoms with Crippen LogP contribution in [0.25, 0.3) is 11.0 Å². The zero-order valence-corrected chi connectivity index (χ0v) is 23.3. The minimum Gasteiger partial charge on any atom is -0.485 e. The lowest BCUT2D eigenvalue weighted by atomic mass is 9.84. The Labute approximate surface area is 233 Å². The molecular formula is C28H28F2N6O3S. The Balaban J connectivity index is 1.29. The average molecular weight is 567 g/mol. The van der Waals surface area contributed by atoms with Gasteiger partial charge in [0.25, 0.3) is 0 Å². The van der Waals surface area contributed by atoms with Crippen molar-refractivity contribution in [3.8, 4) is 5.75 Å². The van der Waals surface area contributed by atoms with E-state index in [1.165, 1.54) is 24.2 Å². The summed E-state index contributed by atoms with van der Waals surface area (Å²) in [5.41, 5.74) is 8.24. The molecule has 1 fully saturated rings. The number of ether oxygens (including phenoxy) is 2. The number of oxazole rings is 1. The third-order valence-electron chi connectivity index (χ3n) is 7.65. The van der Waals surface area contributed by atoms with Crippen LogP contribution >= 0.6 is 11.8 Å². The van der Waals surface area contributed by atoms with Gasteiger partial charge in [-0.2, -0.15) is 0 Å². The van der Waals surface area contributed by atoms with Crippen LogP contribution in [0.5, 0.6) is 5.75 Å². The summed E-state index contributed by atoms with van der Waals surface area (Å²) in [6, 6.07) is 4.61. The van der Waals surface area contributed by atoms with Gasteiger partial charge in [0.2, 0.25) is 0 Å². The molecule has 12 heteroatoms. The standard InChI is InChI=1S/C28H28F2N6O3S/c1-14-22(35-15(2)39-14)11-38-17-8-21-25(32-10-17)20(33-13-34-21)7-16-5-18(24(30)19(29)6-16)27(3)23-9-28(23,12-37-4)40-26(31)36-27/h5-6,8,10,13,23H,7,9,11-12H2,1-4H3,(H2,31,36)/t23-,27+,28+/m0/s1. The summed E-state index contributed by atoms with van der Waals surface area (Å²) in [6.45, 7) is 6.10. The molecule has 0 spiro atoms. The molecule has 0 bridgehead atoms. The highest BCUT2D eigenvalue weighted by molar-refractivity contribution is 8.15. The minimum atomic E-state index is -1.02. The third kappa shape index (κ3) is 4.58. The number of halogens is 2. The molecule has 9 nitrogen and oxygen atoms in total. The van der Waals surface area contributed by atoms with Crippen LogP contribution in [0.4, 0.5) is 8.78 Å². The Morgan fingerprint density at radius 3 is 2.73 bits per heavy atom. The number of hydrogen-bond acceptors (Lipinski definition) is 10. The molecule has 0 radical (unpaired) electrons. The summed E-state index contributed by atoms with van der Waals surface area (Å²) in [5.74, 6) is -0.121. The number of pyridine rings is 1. The van der Waals surface area contributed by atoms with E-state index in [-0.39, 0.29) is 29.3 Å². The van der Waals surface area contributed by atoms with E-state index >= 15 is 8.78 Å². The van der Waals surface area contributed by atoms with Gasteiger partial charge >= 0.3 is 0 Å². The van der Waals surface area contributed by atoms with Gasteiger partial charge in [-0.05, 0) is 38.0 Å². The summed E-state index contributed by atoms with van der Waals surface area (Å²) in [7, 11) is 1.62. The first-order chi connectivity index (χ1) is 19.1. The molecule has 0 unspecified atom stereocenters. The molecule has 2 N–H and O–H groups in total. The fourth-order valence-electron chi connectivity index (χ4n) is 5.68. The van der Waals surface area contributed by atoms with E-state index in [2.05, 4.69) is 24.9 Å². The van der Waals surface area contributed by atoms with Crippen LogP contribution in [0.1, 0.15) is 47.5 Å². The molecule has 0 saturated heterocycles. The first kappa shape index (κ1) is 26.6. The highest BCUT2D eigenvalue weighted by atomic mass is 32.2. The van der Waals surface area contributed by atoms with E-state index in [9.17, 15) is 0 Å². The summed E-state index contributed by atoms with van der Waals surface area (Å²) in [6.07, 6.45) is 3.96. The molecule has 1 saturated carbocycles. The van der Waals surface area contributed by atoms with Crippen LogP contribution in [0.2, 0.25) is 0 Å². The molecule has 1 aliphatic carbocycles. The second-order valence-electron chi connectivity index (χ2n) is 10.5. The van der Waals surface area contributed by atoms with Crippen LogP contribution in [-0.4, -0.2) is 43.6 Å². The first-order valence-corrected chi connectivity index (χ1v) is 13.6. The summed E-state index contributed by atoms with van der Waals surface area (Å²) in [5, 5.41) is 0.344. The lowest BCUT2D eigenvalue weighted by Gasteiger charge is -2.34. The van der Waals surface area contributed by atoms with Gasteiger partial charge in [0.05, 0.1) is 34.3 Å². The van der Waals surface area contributed by atoms with Crippen molar-refractivity contribution in [2.45, 2.75) is 50.5 Å². The molecule has 6 rings (SSSR count). The number of hydrogen-bond donors (Lipinski definition) is 1. The van der Waals surface area contributed by atoms with Crippen molar-refractivity contribution < 1.29 is 22.7 Å². The molecule has 3 aromatic heterocycles. The van der Waals surface area contributed by atoms with Crippen LogP contribution in [0.3, 0.4) is 0 Å². The van der Waals surface area contributed by atoms with E-state index in [4.69, 9.17) is 19.6 Å². The normalized spacial score (nSPS) is 23.6. The van der Waals surface area contributed by atoms with Crippen molar-refractivity contribution in [1.29, 1.82) is 0 Å². The maximum absolute atomic E-state index is 15.3. The minimum absolute atomic E-state index is 0.0358. The molecule has 4 heterocycles. The van der Waals surface area contributed by atoms with E-state index in [0.29, 0.717) is 57.2 Å². The molecule has 2 aliphatic rings. The maximum atomic E-state index is 15.3. The molecule has 208 valence electrons. The van der Waals surface area contributed by atoms with Crippen molar-refractivity contribution in [3.63, 3.8) is 0 Å². The number of nitrogens with two attached hydrogens (primary N) is 1. The van der Waals surface area contributed by atoms with Gasteiger partial charge in [-0.3, -0.25) is 4.99 Å². The Morgan fingerprint density at radius 1 is 1.15 bits per heavy atom. The van der Waals surface area contributed by atoms with Gasteiger partial charge in [0.15, 0.2) is 22.7 Å². The highest BCUT2D eigenvalue weighted by Gasteiger charge is 2.66. The monoisotopic (exact) mass is 566 g/mol. The number of thioether (sulfide) groups is 1. The predicted molar refractivity (Wildman–Crippen MR) is 146 cm³/mol. The van der Waals surface area contributed by atoms with Crippen LogP contribution < -0.4 is 10.5 Å². The number of nitrogens with zero attached hydrogens (tertiary/aromatic N) is 5. The number of aromatic nitrogens is 4. The van der Waals surface area contributed by atoms with Crippen molar-refractivity contribution in [2.75, 3.05) is 13.7 Å². The van der Waals surface area contributed by atoms with Gasteiger partial charge < -0.3 is 19.6 Å². The second kappa shape index (κ2) is 9.77. The lowest BCUT2D eigenvalue weighted by Crippen LogP contribution is -2.38. The van der Waals surface area contributed by atoms with E-state index in [1.807, 2.05) is 13.8 Å². The Bertz CT molecular complexity index is 1660. The number of fused-ring (bicyclic) bond motifs is 2. The van der Waals surface area contributed by atoms with E-state index in [0.717, 1.165) is 6.42 Å². The van der Waals surface area contributed by atoms with Gasteiger partial charge in [-0.1, -0.05) is 11.8 Å². The van der Waals surface area contributed by atoms with E-state index in [1.54, 1.807) is 32.4 Å². The molecule has 1 aromatic carbocycles. The SMILES string of the molecule is COC[C@]12C[C@H]1[C@@](C)(c1cc(Cc3ncnc4cc(OCc5nc(C)oc5C)cnc34)cc(F)c1F)N=C(N)S2. The summed E-state index contributed by atoms with van der Waals surface area (Å²) >= 11 is 1.45. The highest BCUT2D eigenvalue weighted by Crippen LogP contribution is 2.66. The van der Waals surface area contributed by atoms with Gasteiger partial charge in [-0.15, -0.1) is 0 Å². The van der Waals surface area contributed by atoms with Gasteiger partial charge in [-0.25, -0.2) is 28.7 Å². The number of rotatable bonds is 8. The predicted octanol–water partition coefficient (Wildman–Crippen LogP) is 4.76. The maximum Gasteiger partial charge on any atom is 0.191 e. The van der Waals surface area contributed by atoms with E-state index < -0.39 is 17.2 Å². The quantitative estimate of drug-likeness (QED) is 0.322. The fourth-order valence-corrected chi connectivity index (χ4v) is 7.13. The topological polar surface area (TPSA) is 122 Å². The Kier molecular flexibility index (Phi) is 6.49. The van der Waals surface area contributed by atoms with Crippen molar-refractivity contribution in [2.24, 2.45) is 16.6 Å². The summed E-state index contributed by atoms with van der Waals surface area (Å²) in [4.78, 5) is 22.2. The molecule has 40 heavy (non-hydrogen) atoms. The van der Waals surface area contributed by atoms with Crippen molar-refractivity contribution in [1.82, 2.24) is 19.9 Å². The van der Waals surface area contributed by atoms with Gasteiger partial charge in [0.1, 0.15) is 35.7 Å². The molecule has 1 aliphatic heterocycles. The molecule has 0 amide bonds. The van der Waals surface area contributed by atoms with Crippen LogP contribution in [0.15, 0.2) is 40.1 Å². The Morgan fingerprint density at radius 2 is 1.98 bits per heavy atom. The zero-order chi connectivity index (χ0) is 28.2. The number of benzene rings is 1. The second-order valence-corrected chi connectivity index (χ2v) is 11.9. The smallest absolute Gasteiger partial charge is 0.191 e. The Hall–Kier alpha value is -3.64. The van der Waals surface area contributed by atoms with Crippen LogP contribution in [-0.2, 0) is 23.3 Å².